The molecule has 0 aliphatic heterocycles. The average Bonchev–Trinajstić information content (AvgIpc) is 1.87. The van der Waals surface area contributed by atoms with Gasteiger partial charge in [0.05, 0.1) is 0 Å². The van der Waals surface area contributed by atoms with Crippen molar-refractivity contribution >= 4 is 7.28 Å². The van der Waals surface area contributed by atoms with Crippen LogP contribution in [0.5, 0.6) is 0 Å². The van der Waals surface area contributed by atoms with E-state index in [2.05, 4.69) is 47.1 Å². The van der Waals surface area contributed by atoms with Crippen molar-refractivity contribution in [2.45, 2.75) is 27.7 Å². The maximum atomic E-state index is 2.17. The van der Waals surface area contributed by atoms with E-state index in [-0.39, 0.29) is 0 Å². The van der Waals surface area contributed by atoms with Crippen LogP contribution in [0, 0.1) is 0 Å². The molecule has 0 nitrogen and oxygen atoms in total. The van der Waals surface area contributed by atoms with Crippen LogP contribution in [0.3, 0.4) is 0 Å². The first-order chi connectivity index (χ1) is 4.20. The summed E-state index contributed by atoms with van der Waals surface area (Å²) in [4.78, 5) is 0. The molecule has 49 valence electrons. The summed E-state index contributed by atoms with van der Waals surface area (Å²) >= 11 is 0. The summed E-state index contributed by atoms with van der Waals surface area (Å²) in [6, 6.07) is 0. The Morgan fingerprint density at radius 1 is 1.00 bits per heavy atom. The molecular formula is C8H14B. The van der Waals surface area contributed by atoms with E-state index in [4.69, 9.17) is 0 Å². The molecule has 1 heteroatoms. The van der Waals surface area contributed by atoms with Crippen molar-refractivity contribution in [3.8, 4) is 0 Å². The van der Waals surface area contributed by atoms with Crippen LogP contribution < -0.4 is 0 Å². The molecule has 0 aromatic carbocycles. The highest BCUT2D eigenvalue weighted by Crippen LogP contribution is 1.96. The minimum atomic E-state index is 1.32. The van der Waals surface area contributed by atoms with Crippen molar-refractivity contribution in [1.82, 2.24) is 0 Å². The molecule has 0 N–H and O–H groups in total. The highest BCUT2D eigenvalue weighted by molar-refractivity contribution is 6.53. The molecule has 1 radical (unpaired) electrons. The molecule has 0 rings (SSSR count). The van der Waals surface area contributed by atoms with Gasteiger partial charge in [-0.15, -0.1) is 10.9 Å². The Balaban J connectivity index is 3.75. The molecule has 0 aliphatic carbocycles. The standard InChI is InChI=1S/C8H14B/c1-5-7(3)9-8(4)6-2/h5-6H,1-4H3/b7-5+,8-6+. The fraction of sp³-hybridized carbons (Fsp3) is 0.500. The van der Waals surface area contributed by atoms with Crippen LogP contribution in [0.1, 0.15) is 27.7 Å². The van der Waals surface area contributed by atoms with Crippen LogP contribution >= 0.6 is 0 Å². The monoisotopic (exact) mass is 121 g/mol. The molecule has 0 aromatic rings. The molecule has 0 heterocycles. The third-order valence-electron chi connectivity index (χ3n) is 1.37. The van der Waals surface area contributed by atoms with Gasteiger partial charge in [-0.05, 0) is 13.8 Å². The molecule has 0 saturated heterocycles. The van der Waals surface area contributed by atoms with Crippen LogP contribution in [0.2, 0.25) is 0 Å². The molecule has 0 saturated carbocycles. The third-order valence-corrected chi connectivity index (χ3v) is 1.37. The molecule has 9 heavy (non-hydrogen) atoms. The summed E-state index contributed by atoms with van der Waals surface area (Å²) in [5.41, 5.74) is 2.65. The van der Waals surface area contributed by atoms with E-state index >= 15 is 0 Å². The van der Waals surface area contributed by atoms with Crippen LogP contribution in [0.4, 0.5) is 0 Å². The Morgan fingerprint density at radius 2 is 1.33 bits per heavy atom. The second kappa shape index (κ2) is 4.43. The second-order valence-electron chi connectivity index (χ2n) is 2.21. The molecule has 0 atom stereocenters. The Hall–Kier alpha value is -0.455. The molecule has 0 spiro atoms. The molecular weight excluding hydrogens is 107 g/mol. The minimum absolute atomic E-state index is 1.32. The summed E-state index contributed by atoms with van der Waals surface area (Å²) < 4.78 is 0. The van der Waals surface area contributed by atoms with Gasteiger partial charge in [0, 0.05) is 0 Å². The van der Waals surface area contributed by atoms with Crippen molar-refractivity contribution in [3.05, 3.63) is 23.1 Å². The zero-order chi connectivity index (χ0) is 7.28. The maximum absolute atomic E-state index is 2.17. The smallest absolute Gasteiger partial charge is 0.110 e. The summed E-state index contributed by atoms with van der Waals surface area (Å²) in [7, 11) is 2.17. The second-order valence-corrected chi connectivity index (χ2v) is 2.21. The van der Waals surface area contributed by atoms with E-state index in [1.165, 1.54) is 10.9 Å². The lowest BCUT2D eigenvalue weighted by molar-refractivity contribution is 1.52. The van der Waals surface area contributed by atoms with E-state index < -0.39 is 0 Å². The average molecular weight is 121 g/mol. The van der Waals surface area contributed by atoms with Crippen molar-refractivity contribution in [2.75, 3.05) is 0 Å². The van der Waals surface area contributed by atoms with Gasteiger partial charge in [0.15, 0.2) is 7.28 Å². The third kappa shape index (κ3) is 4.08. The van der Waals surface area contributed by atoms with Gasteiger partial charge in [-0.3, -0.25) is 0 Å². The first-order valence-electron chi connectivity index (χ1n) is 3.31. The Kier molecular flexibility index (Phi) is 4.20. The molecule has 0 bridgehead atoms. The summed E-state index contributed by atoms with van der Waals surface area (Å²) in [5.74, 6) is 0. The van der Waals surface area contributed by atoms with Crippen LogP contribution in [-0.4, -0.2) is 7.28 Å². The zero-order valence-electron chi connectivity index (χ0n) is 6.73. The van der Waals surface area contributed by atoms with Gasteiger partial charge in [-0.25, -0.2) is 0 Å². The predicted molar refractivity (Wildman–Crippen MR) is 44.6 cm³/mol. The lowest BCUT2D eigenvalue weighted by Crippen LogP contribution is -1.93. The SMILES string of the molecule is C/C=C(\C)[B]/C(C)=C/C. The molecule has 0 amide bonds. The lowest BCUT2D eigenvalue weighted by atomic mass is 9.64. The minimum Gasteiger partial charge on any atom is -0.110 e. The highest BCUT2D eigenvalue weighted by Gasteiger charge is 1.90. The fourth-order valence-electron chi connectivity index (χ4n) is 0.526. The number of allylic oxidation sites excluding steroid dienone is 4. The van der Waals surface area contributed by atoms with Crippen LogP contribution in [-0.2, 0) is 0 Å². The normalized spacial score (nSPS) is 13.8. The maximum Gasteiger partial charge on any atom is 0.178 e. The van der Waals surface area contributed by atoms with Gasteiger partial charge in [-0.1, -0.05) is 26.0 Å². The van der Waals surface area contributed by atoms with Crippen molar-refractivity contribution < 1.29 is 0 Å². The summed E-state index contributed by atoms with van der Waals surface area (Å²) in [6.07, 6.45) is 4.21. The number of rotatable bonds is 2. The van der Waals surface area contributed by atoms with Gasteiger partial charge >= 0.3 is 0 Å². The lowest BCUT2D eigenvalue weighted by Gasteiger charge is -1.95. The molecule has 0 unspecified atom stereocenters. The van der Waals surface area contributed by atoms with E-state index in [1.807, 2.05) is 0 Å². The van der Waals surface area contributed by atoms with Crippen molar-refractivity contribution in [2.24, 2.45) is 0 Å². The predicted octanol–water partition coefficient (Wildman–Crippen LogP) is 2.54. The van der Waals surface area contributed by atoms with Crippen LogP contribution in [0.15, 0.2) is 23.1 Å². The quantitative estimate of drug-likeness (QED) is 0.492. The van der Waals surface area contributed by atoms with Crippen LogP contribution in [0.25, 0.3) is 0 Å². The molecule has 0 fully saturated rings. The fourth-order valence-corrected chi connectivity index (χ4v) is 0.526. The van der Waals surface area contributed by atoms with Gasteiger partial charge in [0.2, 0.25) is 0 Å². The number of hydrogen-bond donors (Lipinski definition) is 0. The summed E-state index contributed by atoms with van der Waals surface area (Å²) in [5, 5.41) is 0. The first-order valence-corrected chi connectivity index (χ1v) is 3.31. The van der Waals surface area contributed by atoms with Crippen molar-refractivity contribution in [1.29, 1.82) is 0 Å². The van der Waals surface area contributed by atoms with Crippen molar-refractivity contribution in [3.63, 3.8) is 0 Å². The Morgan fingerprint density at radius 3 is 1.56 bits per heavy atom. The van der Waals surface area contributed by atoms with Gasteiger partial charge in [0.25, 0.3) is 0 Å². The van der Waals surface area contributed by atoms with Gasteiger partial charge in [-0.2, -0.15) is 0 Å². The van der Waals surface area contributed by atoms with E-state index in [0.717, 1.165) is 0 Å². The topological polar surface area (TPSA) is 0 Å². The van der Waals surface area contributed by atoms with E-state index in [0.29, 0.717) is 0 Å². The highest BCUT2D eigenvalue weighted by atomic mass is 13.7. The largest absolute Gasteiger partial charge is 0.178 e. The van der Waals surface area contributed by atoms with Gasteiger partial charge < -0.3 is 0 Å². The van der Waals surface area contributed by atoms with E-state index in [1.54, 1.807) is 0 Å². The molecule has 0 aliphatic rings. The molecule has 0 aromatic heterocycles. The van der Waals surface area contributed by atoms with Gasteiger partial charge in [0.1, 0.15) is 0 Å². The Labute approximate surface area is 58.9 Å². The number of hydrogen-bond acceptors (Lipinski definition) is 0. The first kappa shape index (κ1) is 8.54. The summed E-state index contributed by atoms with van der Waals surface area (Å²) in [6.45, 7) is 8.31. The zero-order valence-corrected chi connectivity index (χ0v) is 6.73. The van der Waals surface area contributed by atoms with E-state index in [9.17, 15) is 0 Å². The Bertz CT molecular complexity index is 116.